The van der Waals surface area contributed by atoms with Crippen LogP contribution in [-0.4, -0.2) is 28.7 Å². The first kappa shape index (κ1) is 25.4. The van der Waals surface area contributed by atoms with Crippen molar-refractivity contribution in [2.45, 2.75) is 65.1 Å². The first-order valence-electron chi connectivity index (χ1n) is 11.3. The van der Waals surface area contributed by atoms with Gasteiger partial charge in [-0.05, 0) is 36.8 Å². The third-order valence-corrected chi connectivity index (χ3v) is 6.27. The van der Waals surface area contributed by atoms with Crippen molar-refractivity contribution >= 4 is 17.7 Å². The van der Waals surface area contributed by atoms with E-state index in [0.29, 0.717) is 17.6 Å². The Kier molecular flexibility index (Phi) is 10.7. The molecule has 0 bridgehead atoms. The average Bonchev–Trinajstić information content (AvgIpc) is 2.72. The Balaban J connectivity index is 0.000000302. The van der Waals surface area contributed by atoms with E-state index < -0.39 is 0 Å². The number of hydrogen-bond donors (Lipinski definition) is 0. The minimum atomic E-state index is 0.250. The average molecular weight is 436 g/mol. The van der Waals surface area contributed by atoms with Crippen LogP contribution in [0, 0.1) is 11.8 Å². The lowest BCUT2D eigenvalue weighted by molar-refractivity contribution is -0.191. The fourth-order valence-corrected chi connectivity index (χ4v) is 4.04. The number of carbonyl (C=O) groups excluding carboxylic acids is 4. The molecule has 0 amide bonds. The van der Waals surface area contributed by atoms with Gasteiger partial charge in [-0.2, -0.15) is 9.59 Å². The number of hydrogen-bond acceptors (Lipinski definition) is 5. The van der Waals surface area contributed by atoms with E-state index in [1.165, 1.54) is 17.5 Å². The first-order valence-corrected chi connectivity index (χ1v) is 11.3. The summed E-state index contributed by atoms with van der Waals surface area (Å²) in [6.07, 6.45) is 5.17. The molecule has 2 aliphatic carbocycles. The minimum absolute atomic E-state index is 0.250. The molecule has 2 aromatic carbocycles. The zero-order chi connectivity index (χ0) is 23.3. The molecule has 2 saturated carbocycles. The molecule has 170 valence electrons. The van der Waals surface area contributed by atoms with E-state index in [-0.39, 0.29) is 12.1 Å². The molecular formula is C27H33NO4. The molecule has 0 aliphatic heterocycles. The van der Waals surface area contributed by atoms with Gasteiger partial charge in [0.25, 0.3) is 0 Å². The number of Topliss-reactive ketones (excluding diaryl/α,β-unsaturated/α-hetero) is 2. The fourth-order valence-electron chi connectivity index (χ4n) is 4.04. The van der Waals surface area contributed by atoms with Crippen LogP contribution in [0.4, 0.5) is 0 Å². The highest BCUT2D eigenvalue weighted by Crippen LogP contribution is 2.34. The number of carbonyl (C=O) groups is 2. The highest BCUT2D eigenvalue weighted by molar-refractivity contribution is 5.84. The Morgan fingerprint density at radius 2 is 1.34 bits per heavy atom. The second-order valence-corrected chi connectivity index (χ2v) is 8.61. The van der Waals surface area contributed by atoms with Crippen molar-refractivity contribution in [3.8, 4) is 0 Å². The topological polar surface area (TPSA) is 71.5 Å². The van der Waals surface area contributed by atoms with Crippen molar-refractivity contribution in [1.29, 1.82) is 0 Å². The maximum atomic E-state index is 11.5. The fraction of sp³-hybridized carbons (Fsp3) is 0.444. The summed E-state index contributed by atoms with van der Waals surface area (Å²) in [5, 5.41) is 0. The van der Waals surface area contributed by atoms with E-state index in [9.17, 15) is 9.59 Å². The van der Waals surface area contributed by atoms with Crippen LogP contribution in [0.5, 0.6) is 0 Å². The van der Waals surface area contributed by atoms with Crippen molar-refractivity contribution in [3.05, 3.63) is 71.8 Å². The van der Waals surface area contributed by atoms with E-state index in [1.807, 2.05) is 0 Å². The molecule has 0 aromatic heterocycles. The van der Waals surface area contributed by atoms with Crippen molar-refractivity contribution in [3.63, 3.8) is 0 Å². The van der Waals surface area contributed by atoms with Crippen LogP contribution in [0.2, 0.25) is 0 Å². The molecular weight excluding hydrogens is 402 g/mol. The van der Waals surface area contributed by atoms with Crippen molar-refractivity contribution in [2.75, 3.05) is 0 Å². The van der Waals surface area contributed by atoms with Gasteiger partial charge in [-0.3, -0.25) is 14.5 Å². The molecule has 5 heteroatoms. The van der Waals surface area contributed by atoms with Gasteiger partial charge in [0.15, 0.2) is 0 Å². The maximum Gasteiger partial charge on any atom is 0.373 e. The lowest BCUT2D eigenvalue weighted by Gasteiger charge is -2.42. The van der Waals surface area contributed by atoms with E-state index in [0.717, 1.165) is 44.7 Å². The molecule has 0 radical (unpaired) electrons. The molecule has 4 rings (SSSR count). The first-order chi connectivity index (χ1) is 15.5. The molecule has 0 N–H and O–H groups in total. The van der Waals surface area contributed by atoms with Gasteiger partial charge in [0.1, 0.15) is 11.6 Å². The second-order valence-electron chi connectivity index (χ2n) is 8.61. The Morgan fingerprint density at radius 1 is 0.906 bits per heavy atom. The van der Waals surface area contributed by atoms with E-state index in [2.05, 4.69) is 72.5 Å². The molecule has 5 nitrogen and oxygen atoms in total. The van der Waals surface area contributed by atoms with Crippen LogP contribution in [0.25, 0.3) is 0 Å². The van der Waals surface area contributed by atoms with Crippen molar-refractivity contribution < 1.29 is 19.2 Å². The highest BCUT2D eigenvalue weighted by Gasteiger charge is 2.36. The van der Waals surface area contributed by atoms with E-state index in [4.69, 9.17) is 9.59 Å². The molecule has 2 fully saturated rings. The number of rotatable bonds is 7. The Morgan fingerprint density at radius 3 is 1.66 bits per heavy atom. The summed E-state index contributed by atoms with van der Waals surface area (Å²) in [6, 6.07) is 21.7. The van der Waals surface area contributed by atoms with Gasteiger partial charge in [-0.1, -0.05) is 74.0 Å². The third-order valence-electron chi connectivity index (χ3n) is 6.27. The lowest BCUT2D eigenvalue weighted by Crippen LogP contribution is -2.45. The quantitative estimate of drug-likeness (QED) is 0.622. The normalized spacial score (nSPS) is 19.3. The summed E-state index contributed by atoms with van der Waals surface area (Å²) < 4.78 is 0. The summed E-state index contributed by atoms with van der Waals surface area (Å²) in [5.41, 5.74) is 2.68. The summed E-state index contributed by atoms with van der Waals surface area (Å²) in [4.78, 5) is 40.5. The molecule has 0 heterocycles. The predicted octanol–water partition coefficient (Wildman–Crippen LogP) is 4.85. The Bertz CT molecular complexity index is 820. The van der Waals surface area contributed by atoms with Crippen LogP contribution in [0.1, 0.15) is 57.1 Å². The zero-order valence-electron chi connectivity index (χ0n) is 19.0. The minimum Gasteiger partial charge on any atom is -0.300 e. The van der Waals surface area contributed by atoms with Gasteiger partial charge < -0.3 is 0 Å². The standard InChI is InChI=1S/C20H23NO.C6H10O.CO2/c1-16(22)19-12-20(13-19)21(14-17-8-4-2-5-9-17)15-18-10-6-3-7-11-18;1-2-5-3-6(7)4-5;2-1-3/h2-11,19-20H,12-15H2,1H3;5H,2-4H2,1H3;. The molecule has 0 unspecified atom stereocenters. The number of ketones is 2. The van der Waals surface area contributed by atoms with Crippen molar-refractivity contribution in [2.24, 2.45) is 11.8 Å². The predicted molar refractivity (Wildman–Crippen MR) is 122 cm³/mol. The van der Waals surface area contributed by atoms with Crippen LogP contribution in [0.3, 0.4) is 0 Å². The largest absolute Gasteiger partial charge is 0.373 e. The van der Waals surface area contributed by atoms with E-state index >= 15 is 0 Å². The molecule has 2 aromatic rings. The summed E-state index contributed by atoms with van der Waals surface area (Å²) in [5.74, 6) is 1.81. The van der Waals surface area contributed by atoms with Gasteiger partial charge >= 0.3 is 6.15 Å². The van der Waals surface area contributed by atoms with Crippen LogP contribution < -0.4 is 0 Å². The van der Waals surface area contributed by atoms with Gasteiger partial charge in [0.05, 0.1) is 0 Å². The molecule has 32 heavy (non-hydrogen) atoms. The molecule has 0 saturated heterocycles. The summed E-state index contributed by atoms with van der Waals surface area (Å²) in [7, 11) is 0. The molecule has 0 atom stereocenters. The zero-order valence-corrected chi connectivity index (χ0v) is 19.0. The Hall–Kier alpha value is -2.88. The summed E-state index contributed by atoms with van der Waals surface area (Å²) in [6.45, 7) is 5.76. The van der Waals surface area contributed by atoms with E-state index in [1.54, 1.807) is 6.92 Å². The second kappa shape index (κ2) is 13.5. The smallest absolute Gasteiger partial charge is 0.300 e. The SMILES string of the molecule is CC(=O)C1CC(N(Cc2ccccc2)Cc2ccccc2)C1.CCC1CC(=O)C1.O=C=O. The van der Waals surface area contributed by atoms with Crippen molar-refractivity contribution in [1.82, 2.24) is 4.90 Å². The summed E-state index contributed by atoms with van der Waals surface area (Å²) >= 11 is 0. The van der Waals surface area contributed by atoms with Gasteiger partial charge in [0, 0.05) is 37.9 Å². The van der Waals surface area contributed by atoms with Crippen LogP contribution in [-0.2, 0) is 32.3 Å². The Labute approximate surface area is 190 Å². The third kappa shape index (κ3) is 8.33. The van der Waals surface area contributed by atoms with Gasteiger partial charge in [-0.25, -0.2) is 0 Å². The highest BCUT2D eigenvalue weighted by atomic mass is 16.2. The molecule has 0 spiro atoms. The lowest BCUT2D eigenvalue weighted by atomic mass is 9.77. The maximum absolute atomic E-state index is 11.5. The number of benzene rings is 2. The monoisotopic (exact) mass is 435 g/mol. The van der Waals surface area contributed by atoms with Gasteiger partial charge in [0.2, 0.25) is 0 Å². The number of nitrogens with zero attached hydrogens (tertiary/aromatic N) is 1. The molecule has 2 aliphatic rings. The van der Waals surface area contributed by atoms with Crippen LogP contribution >= 0.6 is 0 Å². The van der Waals surface area contributed by atoms with Crippen LogP contribution in [0.15, 0.2) is 60.7 Å². The van der Waals surface area contributed by atoms with Gasteiger partial charge in [-0.15, -0.1) is 0 Å².